The number of hydrogen-bond donors (Lipinski definition) is 1. The lowest BCUT2D eigenvalue weighted by molar-refractivity contribution is -0.143. The monoisotopic (exact) mass is 313 g/mol. The second-order valence-electron chi connectivity index (χ2n) is 5.03. The fourth-order valence-electron chi connectivity index (χ4n) is 1.90. The van der Waals surface area contributed by atoms with Crippen LogP contribution >= 0.6 is 15.9 Å². The van der Waals surface area contributed by atoms with E-state index in [0.29, 0.717) is 18.9 Å². The van der Waals surface area contributed by atoms with E-state index in [-0.39, 0.29) is 0 Å². The summed E-state index contributed by atoms with van der Waals surface area (Å²) in [6.07, 6.45) is 0.669. The van der Waals surface area contributed by atoms with Crippen LogP contribution in [0.25, 0.3) is 0 Å². The normalized spacial score (nSPS) is 13.0. The zero-order valence-electron chi connectivity index (χ0n) is 11.1. The van der Waals surface area contributed by atoms with Crippen LogP contribution in [-0.4, -0.2) is 29.1 Å². The molecule has 1 rings (SSSR count). The first-order chi connectivity index (χ1) is 8.40. The van der Waals surface area contributed by atoms with Crippen molar-refractivity contribution in [1.29, 1.82) is 0 Å². The molecule has 0 aliphatic carbocycles. The Balaban J connectivity index is 2.69. The Morgan fingerprint density at radius 1 is 1.33 bits per heavy atom. The van der Waals surface area contributed by atoms with E-state index in [2.05, 4.69) is 15.9 Å². The van der Waals surface area contributed by atoms with Crippen molar-refractivity contribution in [2.24, 2.45) is 5.92 Å². The van der Waals surface area contributed by atoms with Gasteiger partial charge in [0.05, 0.1) is 0 Å². The van der Waals surface area contributed by atoms with Gasteiger partial charge < -0.3 is 5.11 Å². The molecule has 0 amide bonds. The van der Waals surface area contributed by atoms with E-state index in [1.165, 1.54) is 0 Å². The number of halogens is 1. The minimum atomic E-state index is -0.747. The highest BCUT2D eigenvalue weighted by atomic mass is 79.9. The Hall–Kier alpha value is -0.870. The number of rotatable bonds is 6. The standard InChI is InChI=1S/C14H20BrNO2/c1-10(2)8-13(14(17)18)16(3)9-11-4-6-12(15)7-5-11/h4-7,10,13H,8-9H2,1-3H3,(H,17,18)/t13-/m0/s1. The van der Waals surface area contributed by atoms with Gasteiger partial charge in [0, 0.05) is 11.0 Å². The van der Waals surface area contributed by atoms with Crippen LogP contribution in [0, 0.1) is 5.92 Å². The summed E-state index contributed by atoms with van der Waals surface area (Å²) in [5.41, 5.74) is 1.12. The first-order valence-corrected chi connectivity index (χ1v) is 6.87. The van der Waals surface area contributed by atoms with Gasteiger partial charge in [-0.2, -0.15) is 0 Å². The van der Waals surface area contributed by atoms with Gasteiger partial charge in [0.1, 0.15) is 6.04 Å². The average molecular weight is 314 g/mol. The van der Waals surface area contributed by atoms with E-state index in [9.17, 15) is 9.90 Å². The summed E-state index contributed by atoms with van der Waals surface area (Å²) in [4.78, 5) is 13.2. The molecule has 0 aliphatic rings. The molecule has 0 bridgehead atoms. The second-order valence-corrected chi connectivity index (χ2v) is 5.94. The zero-order chi connectivity index (χ0) is 13.7. The maximum Gasteiger partial charge on any atom is 0.320 e. The Labute approximate surface area is 117 Å². The number of carboxylic acid groups (broad SMARTS) is 1. The number of aliphatic carboxylic acids is 1. The molecule has 0 aliphatic heterocycles. The van der Waals surface area contributed by atoms with Crippen molar-refractivity contribution in [1.82, 2.24) is 4.90 Å². The van der Waals surface area contributed by atoms with Gasteiger partial charge >= 0.3 is 5.97 Å². The van der Waals surface area contributed by atoms with Crippen LogP contribution in [0.15, 0.2) is 28.7 Å². The molecule has 100 valence electrons. The molecule has 1 atom stereocenters. The van der Waals surface area contributed by atoms with Crippen LogP contribution in [0.3, 0.4) is 0 Å². The van der Waals surface area contributed by atoms with Gasteiger partial charge in [-0.3, -0.25) is 9.69 Å². The number of nitrogens with zero attached hydrogens (tertiary/aromatic N) is 1. The molecule has 0 fully saturated rings. The molecule has 0 heterocycles. The summed E-state index contributed by atoms with van der Waals surface area (Å²) in [5.74, 6) is -0.373. The van der Waals surface area contributed by atoms with Gasteiger partial charge in [0.2, 0.25) is 0 Å². The highest BCUT2D eigenvalue weighted by Gasteiger charge is 2.23. The largest absolute Gasteiger partial charge is 0.480 e. The molecule has 0 radical (unpaired) electrons. The Morgan fingerprint density at radius 2 is 1.89 bits per heavy atom. The predicted molar refractivity (Wildman–Crippen MR) is 76.5 cm³/mol. The number of likely N-dealkylation sites (N-methyl/N-ethyl adjacent to an activating group) is 1. The zero-order valence-corrected chi connectivity index (χ0v) is 12.6. The molecular weight excluding hydrogens is 294 g/mol. The summed E-state index contributed by atoms with van der Waals surface area (Å²) >= 11 is 3.39. The summed E-state index contributed by atoms with van der Waals surface area (Å²) in [6, 6.07) is 7.54. The molecule has 0 spiro atoms. The van der Waals surface area contributed by atoms with Gasteiger partial charge in [0.15, 0.2) is 0 Å². The van der Waals surface area contributed by atoms with Gasteiger partial charge in [0.25, 0.3) is 0 Å². The van der Waals surface area contributed by atoms with Crippen LogP contribution in [0.2, 0.25) is 0 Å². The maximum absolute atomic E-state index is 11.3. The van der Waals surface area contributed by atoms with E-state index >= 15 is 0 Å². The van der Waals surface area contributed by atoms with Crippen LogP contribution < -0.4 is 0 Å². The molecule has 18 heavy (non-hydrogen) atoms. The lowest BCUT2D eigenvalue weighted by Gasteiger charge is -2.26. The molecule has 3 nitrogen and oxygen atoms in total. The quantitative estimate of drug-likeness (QED) is 0.875. The van der Waals surface area contributed by atoms with Crippen molar-refractivity contribution in [3.63, 3.8) is 0 Å². The van der Waals surface area contributed by atoms with Gasteiger partial charge in [-0.15, -0.1) is 0 Å². The Morgan fingerprint density at radius 3 is 2.33 bits per heavy atom. The summed E-state index contributed by atoms with van der Waals surface area (Å²) in [5, 5.41) is 9.27. The van der Waals surface area contributed by atoms with Gasteiger partial charge in [-0.1, -0.05) is 41.9 Å². The van der Waals surface area contributed by atoms with Crippen LogP contribution in [0.5, 0.6) is 0 Å². The molecule has 1 N–H and O–H groups in total. The molecule has 4 heteroatoms. The van der Waals surface area contributed by atoms with Crippen LogP contribution in [0.4, 0.5) is 0 Å². The number of carboxylic acids is 1. The molecular formula is C14H20BrNO2. The fraction of sp³-hybridized carbons (Fsp3) is 0.500. The maximum atomic E-state index is 11.3. The average Bonchev–Trinajstić information content (AvgIpc) is 2.28. The lowest BCUT2D eigenvalue weighted by Crippen LogP contribution is -2.39. The molecule has 1 aromatic carbocycles. The van der Waals surface area contributed by atoms with Crippen molar-refractivity contribution in [3.05, 3.63) is 34.3 Å². The minimum absolute atomic E-state index is 0.374. The van der Waals surface area contributed by atoms with E-state index in [1.807, 2.05) is 50.1 Å². The topological polar surface area (TPSA) is 40.5 Å². The third-order valence-corrected chi connectivity index (χ3v) is 3.39. The highest BCUT2D eigenvalue weighted by molar-refractivity contribution is 9.10. The van der Waals surface area contributed by atoms with Crippen LogP contribution in [0.1, 0.15) is 25.8 Å². The molecule has 0 aromatic heterocycles. The molecule has 0 unspecified atom stereocenters. The predicted octanol–water partition coefficient (Wildman–Crippen LogP) is 3.38. The summed E-state index contributed by atoms with van der Waals surface area (Å²) < 4.78 is 1.03. The van der Waals surface area contributed by atoms with Crippen molar-refractivity contribution >= 4 is 21.9 Å². The molecule has 1 aromatic rings. The third kappa shape index (κ3) is 4.78. The first-order valence-electron chi connectivity index (χ1n) is 6.07. The van der Waals surface area contributed by atoms with E-state index in [4.69, 9.17) is 0 Å². The molecule has 0 saturated heterocycles. The molecule has 0 saturated carbocycles. The number of carbonyl (C=O) groups is 1. The van der Waals surface area contributed by atoms with Crippen molar-refractivity contribution in [2.75, 3.05) is 7.05 Å². The lowest BCUT2D eigenvalue weighted by atomic mass is 10.0. The fourth-order valence-corrected chi connectivity index (χ4v) is 2.17. The number of hydrogen-bond acceptors (Lipinski definition) is 2. The van der Waals surface area contributed by atoms with Gasteiger partial charge in [-0.05, 0) is 37.1 Å². The second kappa shape index (κ2) is 6.90. The first kappa shape index (κ1) is 15.2. The smallest absolute Gasteiger partial charge is 0.320 e. The van der Waals surface area contributed by atoms with E-state index in [0.717, 1.165) is 10.0 Å². The number of benzene rings is 1. The van der Waals surface area contributed by atoms with Gasteiger partial charge in [-0.25, -0.2) is 0 Å². The SMILES string of the molecule is CC(C)C[C@@H](C(=O)O)N(C)Cc1ccc(Br)cc1. The third-order valence-electron chi connectivity index (χ3n) is 2.86. The summed E-state index contributed by atoms with van der Waals surface area (Å²) in [7, 11) is 1.86. The van der Waals surface area contributed by atoms with Crippen LogP contribution in [-0.2, 0) is 11.3 Å². The summed E-state index contributed by atoms with van der Waals surface area (Å²) in [6.45, 7) is 4.74. The van der Waals surface area contributed by atoms with Crippen molar-refractivity contribution in [2.45, 2.75) is 32.9 Å². The van der Waals surface area contributed by atoms with E-state index < -0.39 is 12.0 Å². The van der Waals surface area contributed by atoms with Crippen molar-refractivity contribution in [3.8, 4) is 0 Å². The Kier molecular flexibility index (Phi) is 5.82. The minimum Gasteiger partial charge on any atom is -0.480 e. The van der Waals surface area contributed by atoms with E-state index in [1.54, 1.807) is 0 Å². The highest BCUT2D eigenvalue weighted by Crippen LogP contribution is 2.16. The van der Waals surface area contributed by atoms with Crippen molar-refractivity contribution < 1.29 is 9.90 Å². The Bertz CT molecular complexity index is 389.